The van der Waals surface area contributed by atoms with Crippen LogP contribution in [0.3, 0.4) is 0 Å². The average molecular weight is 426 g/mol. The summed E-state index contributed by atoms with van der Waals surface area (Å²) in [5.41, 5.74) is 1.57. The van der Waals surface area contributed by atoms with Crippen LogP contribution >= 0.6 is 0 Å². The van der Waals surface area contributed by atoms with Crippen molar-refractivity contribution in [1.82, 2.24) is 9.62 Å². The predicted molar refractivity (Wildman–Crippen MR) is 113 cm³/mol. The smallest absolute Gasteiger partial charge is 0.263 e. The third-order valence-corrected chi connectivity index (χ3v) is 6.55. The van der Waals surface area contributed by atoms with Crippen LogP contribution in [0.25, 0.3) is 0 Å². The highest BCUT2D eigenvalue weighted by Crippen LogP contribution is 2.23. The van der Waals surface area contributed by atoms with Crippen molar-refractivity contribution >= 4 is 33.4 Å². The second-order valence-electron chi connectivity index (χ2n) is 7.32. The van der Waals surface area contributed by atoms with Gasteiger partial charge in [0.2, 0.25) is 5.91 Å². The van der Waals surface area contributed by atoms with Crippen molar-refractivity contribution < 1.29 is 18.0 Å². The van der Waals surface area contributed by atoms with Gasteiger partial charge in [-0.1, -0.05) is 12.1 Å². The molecule has 2 aliphatic rings. The molecule has 30 heavy (non-hydrogen) atoms. The number of likely N-dealkylation sites (tertiary alicyclic amines) is 1. The predicted octanol–water partition coefficient (Wildman–Crippen LogP) is 1.99. The first kappa shape index (κ1) is 20.1. The highest BCUT2D eigenvalue weighted by molar-refractivity contribution is 7.90. The standard InChI is InChI=1S/C21H22N4O4S/c1-14(22-19-17-6-2-3-7-18(17)30(28,29)24-19)20(26)23-16-10-8-15(9-11-16)21(27)25-12-4-5-13-25/h2-3,6-11,14H,4-5,12-13H2,1H3,(H,22,24)(H,23,26)/t14-/m0/s1. The number of nitrogens with one attached hydrogen (secondary N) is 2. The van der Waals surface area contributed by atoms with Gasteiger partial charge in [-0.3, -0.25) is 19.3 Å². The molecule has 0 saturated carbocycles. The minimum atomic E-state index is -3.65. The molecule has 0 unspecified atom stereocenters. The number of amides is 2. The van der Waals surface area contributed by atoms with E-state index in [9.17, 15) is 18.0 Å². The Balaban J connectivity index is 1.44. The van der Waals surface area contributed by atoms with E-state index in [0.717, 1.165) is 25.9 Å². The number of amidine groups is 1. The van der Waals surface area contributed by atoms with Crippen molar-refractivity contribution in [2.75, 3.05) is 18.4 Å². The Morgan fingerprint density at radius 2 is 1.73 bits per heavy atom. The molecule has 1 atom stereocenters. The number of sulfonamides is 1. The van der Waals surface area contributed by atoms with E-state index in [1.807, 2.05) is 4.90 Å². The fourth-order valence-corrected chi connectivity index (χ4v) is 4.77. The Bertz CT molecular complexity index is 1120. The van der Waals surface area contributed by atoms with Crippen molar-refractivity contribution in [3.63, 3.8) is 0 Å². The maximum Gasteiger partial charge on any atom is 0.263 e. The van der Waals surface area contributed by atoms with E-state index in [1.54, 1.807) is 49.4 Å². The van der Waals surface area contributed by atoms with E-state index in [2.05, 4.69) is 15.0 Å². The summed E-state index contributed by atoms with van der Waals surface area (Å²) >= 11 is 0. The van der Waals surface area contributed by atoms with Crippen molar-refractivity contribution in [3.8, 4) is 0 Å². The Kier molecular flexibility index (Phi) is 5.29. The van der Waals surface area contributed by atoms with Gasteiger partial charge in [-0.2, -0.15) is 0 Å². The van der Waals surface area contributed by atoms with Crippen LogP contribution in [0.4, 0.5) is 5.69 Å². The number of rotatable bonds is 4. The largest absolute Gasteiger partial charge is 0.339 e. The molecule has 9 heteroatoms. The van der Waals surface area contributed by atoms with E-state index in [4.69, 9.17) is 0 Å². The van der Waals surface area contributed by atoms with Crippen LogP contribution in [-0.2, 0) is 14.8 Å². The van der Waals surface area contributed by atoms with Crippen LogP contribution in [0.5, 0.6) is 0 Å². The quantitative estimate of drug-likeness (QED) is 0.779. The Morgan fingerprint density at radius 3 is 2.43 bits per heavy atom. The number of hydrogen-bond donors (Lipinski definition) is 2. The monoisotopic (exact) mass is 426 g/mol. The third-order valence-electron chi connectivity index (χ3n) is 5.16. The van der Waals surface area contributed by atoms with Crippen molar-refractivity contribution in [3.05, 3.63) is 59.7 Å². The summed E-state index contributed by atoms with van der Waals surface area (Å²) in [7, 11) is -3.65. The molecule has 4 rings (SSSR count). The molecule has 1 saturated heterocycles. The van der Waals surface area contributed by atoms with Crippen LogP contribution in [-0.4, -0.2) is 50.1 Å². The molecule has 1 fully saturated rings. The van der Waals surface area contributed by atoms with Gasteiger partial charge in [0.1, 0.15) is 11.9 Å². The summed E-state index contributed by atoms with van der Waals surface area (Å²) in [5, 5.41) is 2.75. The lowest BCUT2D eigenvalue weighted by Crippen LogP contribution is -2.29. The maximum atomic E-state index is 12.5. The highest BCUT2D eigenvalue weighted by Gasteiger charge is 2.31. The number of aliphatic imine (C=N–C) groups is 1. The van der Waals surface area contributed by atoms with E-state index in [1.165, 1.54) is 6.07 Å². The van der Waals surface area contributed by atoms with E-state index < -0.39 is 16.1 Å². The minimum Gasteiger partial charge on any atom is -0.339 e. The normalized spacial score (nSPS) is 19.2. The second kappa shape index (κ2) is 7.91. The summed E-state index contributed by atoms with van der Waals surface area (Å²) in [6, 6.07) is 12.4. The first-order valence-electron chi connectivity index (χ1n) is 9.75. The molecule has 2 heterocycles. The SMILES string of the molecule is C[C@H](N=C1NS(=O)(=O)c2ccccc21)C(=O)Nc1ccc(C(=O)N2CCCC2)cc1. The molecular weight excluding hydrogens is 404 g/mol. The molecule has 2 aliphatic heterocycles. The van der Waals surface area contributed by atoms with Gasteiger partial charge in [0, 0.05) is 29.9 Å². The van der Waals surface area contributed by atoms with Crippen LogP contribution in [0.1, 0.15) is 35.7 Å². The number of hydrogen-bond acceptors (Lipinski definition) is 5. The van der Waals surface area contributed by atoms with Gasteiger partial charge in [-0.15, -0.1) is 0 Å². The summed E-state index contributed by atoms with van der Waals surface area (Å²) in [4.78, 5) is 31.2. The summed E-state index contributed by atoms with van der Waals surface area (Å²) in [6.45, 7) is 3.15. The van der Waals surface area contributed by atoms with Crippen LogP contribution in [0.2, 0.25) is 0 Å². The fourth-order valence-electron chi connectivity index (χ4n) is 3.53. The number of nitrogens with zero attached hydrogens (tertiary/aromatic N) is 2. The van der Waals surface area contributed by atoms with E-state index >= 15 is 0 Å². The van der Waals surface area contributed by atoms with Gasteiger partial charge in [-0.05, 0) is 56.2 Å². The number of anilines is 1. The topological polar surface area (TPSA) is 108 Å². The van der Waals surface area contributed by atoms with Gasteiger partial charge < -0.3 is 10.2 Å². The third kappa shape index (κ3) is 3.93. The molecule has 8 nitrogen and oxygen atoms in total. The first-order valence-corrected chi connectivity index (χ1v) is 11.2. The van der Waals surface area contributed by atoms with Gasteiger partial charge in [0.25, 0.3) is 15.9 Å². The maximum absolute atomic E-state index is 12.5. The number of carbonyl (C=O) groups excluding carboxylic acids is 2. The Morgan fingerprint density at radius 1 is 1.07 bits per heavy atom. The first-order chi connectivity index (χ1) is 14.3. The zero-order chi connectivity index (χ0) is 21.3. The molecule has 2 N–H and O–H groups in total. The second-order valence-corrected chi connectivity index (χ2v) is 8.97. The molecule has 0 radical (unpaired) electrons. The van der Waals surface area contributed by atoms with Gasteiger partial charge in [0.05, 0.1) is 4.90 Å². The van der Waals surface area contributed by atoms with Crippen LogP contribution in [0, 0.1) is 0 Å². The molecule has 2 aromatic rings. The van der Waals surface area contributed by atoms with Crippen molar-refractivity contribution in [1.29, 1.82) is 0 Å². The zero-order valence-corrected chi connectivity index (χ0v) is 17.3. The lowest BCUT2D eigenvalue weighted by molar-refractivity contribution is -0.117. The van der Waals surface area contributed by atoms with Crippen molar-refractivity contribution in [2.45, 2.75) is 30.7 Å². The highest BCUT2D eigenvalue weighted by atomic mass is 32.2. The van der Waals surface area contributed by atoms with Gasteiger partial charge in [0.15, 0.2) is 0 Å². The fraction of sp³-hybridized carbons (Fsp3) is 0.286. The molecule has 0 spiro atoms. The summed E-state index contributed by atoms with van der Waals surface area (Å²) < 4.78 is 26.7. The summed E-state index contributed by atoms with van der Waals surface area (Å²) in [6.07, 6.45) is 2.06. The molecule has 2 aromatic carbocycles. The number of fused-ring (bicyclic) bond motifs is 1. The van der Waals surface area contributed by atoms with Crippen LogP contribution < -0.4 is 10.0 Å². The Hall–Kier alpha value is -3.20. The van der Waals surface area contributed by atoms with Crippen molar-refractivity contribution in [2.24, 2.45) is 4.99 Å². The Labute approximate surface area is 175 Å². The van der Waals surface area contributed by atoms with Gasteiger partial charge in [-0.25, -0.2) is 8.42 Å². The molecule has 2 amide bonds. The molecule has 0 bridgehead atoms. The van der Waals surface area contributed by atoms with E-state index in [-0.39, 0.29) is 22.5 Å². The lowest BCUT2D eigenvalue weighted by atomic mass is 10.1. The van der Waals surface area contributed by atoms with E-state index in [0.29, 0.717) is 16.8 Å². The molecule has 0 aromatic heterocycles. The molecular formula is C21H22N4O4S. The minimum absolute atomic E-state index is 0.00248. The molecule has 156 valence electrons. The van der Waals surface area contributed by atoms with Crippen LogP contribution in [0.15, 0.2) is 58.4 Å². The number of benzene rings is 2. The number of carbonyl (C=O) groups is 2. The molecule has 0 aliphatic carbocycles. The average Bonchev–Trinajstić information content (AvgIpc) is 3.35. The summed E-state index contributed by atoms with van der Waals surface area (Å²) in [5.74, 6) is -0.234. The zero-order valence-electron chi connectivity index (χ0n) is 16.5. The lowest BCUT2D eigenvalue weighted by Gasteiger charge is -2.15. The van der Waals surface area contributed by atoms with Gasteiger partial charge >= 0.3 is 0 Å².